The molecule has 2 heterocycles. The van der Waals surface area contributed by atoms with Gasteiger partial charge in [-0.1, -0.05) is 18.2 Å². The van der Waals surface area contributed by atoms with Crippen LogP contribution in [0.1, 0.15) is 24.1 Å². The minimum atomic E-state index is 0.680. The van der Waals surface area contributed by atoms with E-state index < -0.39 is 0 Å². The summed E-state index contributed by atoms with van der Waals surface area (Å²) in [5.41, 5.74) is 9.83. The lowest BCUT2D eigenvalue weighted by Crippen LogP contribution is -2.37. The van der Waals surface area contributed by atoms with E-state index in [1.54, 1.807) is 0 Å². The van der Waals surface area contributed by atoms with Gasteiger partial charge < -0.3 is 10.7 Å². The molecule has 2 aromatic rings. The maximum atomic E-state index is 5.83. The van der Waals surface area contributed by atoms with Crippen LogP contribution in [0.3, 0.4) is 0 Å². The minimum absolute atomic E-state index is 0.680. The van der Waals surface area contributed by atoms with Crippen LogP contribution in [0.2, 0.25) is 0 Å². The van der Waals surface area contributed by atoms with Crippen molar-refractivity contribution in [1.82, 2.24) is 9.88 Å². The van der Waals surface area contributed by atoms with Crippen molar-refractivity contribution in [3.63, 3.8) is 0 Å². The highest BCUT2D eigenvalue weighted by molar-refractivity contribution is 5.84. The highest BCUT2D eigenvalue weighted by Crippen LogP contribution is 2.25. The van der Waals surface area contributed by atoms with E-state index in [0.29, 0.717) is 5.92 Å². The van der Waals surface area contributed by atoms with Crippen LogP contribution in [-0.4, -0.2) is 29.5 Å². The number of likely N-dealkylation sites (tertiary alicyclic amines) is 1. The van der Waals surface area contributed by atoms with Crippen molar-refractivity contribution >= 4 is 10.9 Å². The van der Waals surface area contributed by atoms with Gasteiger partial charge in [0.25, 0.3) is 0 Å². The molecule has 1 aromatic heterocycles. The van der Waals surface area contributed by atoms with Gasteiger partial charge in [0, 0.05) is 29.7 Å². The molecule has 0 saturated carbocycles. The first-order valence-electron chi connectivity index (χ1n) is 7.26. The molecule has 1 saturated heterocycles. The number of nitrogens with two attached hydrogens (primary N) is 1. The molecule has 3 N–H and O–H groups in total. The van der Waals surface area contributed by atoms with E-state index in [0.717, 1.165) is 19.6 Å². The molecule has 0 radical (unpaired) electrons. The molecule has 1 atom stereocenters. The molecule has 1 aromatic carbocycles. The average Bonchev–Trinajstić information content (AvgIpc) is 2.76. The van der Waals surface area contributed by atoms with Gasteiger partial charge in [0.1, 0.15) is 0 Å². The lowest BCUT2D eigenvalue weighted by Gasteiger charge is -2.32. The van der Waals surface area contributed by atoms with Crippen LogP contribution < -0.4 is 5.73 Å². The average molecular weight is 257 g/mol. The molecule has 3 heteroatoms. The Morgan fingerprint density at radius 2 is 2.21 bits per heavy atom. The molecule has 0 bridgehead atoms. The lowest BCUT2D eigenvalue weighted by atomic mass is 9.97. The van der Waals surface area contributed by atoms with Crippen LogP contribution in [0.25, 0.3) is 10.9 Å². The largest absolute Gasteiger partial charge is 0.358 e. The van der Waals surface area contributed by atoms with Crippen molar-refractivity contribution in [2.24, 2.45) is 11.7 Å². The fourth-order valence-corrected chi connectivity index (χ4v) is 3.25. The summed E-state index contributed by atoms with van der Waals surface area (Å²) in [6.45, 7) is 6.40. The smallest absolute Gasteiger partial charge is 0.0459 e. The van der Waals surface area contributed by atoms with E-state index in [2.05, 4.69) is 41.1 Å². The van der Waals surface area contributed by atoms with Crippen LogP contribution in [0.5, 0.6) is 0 Å². The Balaban J connectivity index is 1.83. The third kappa shape index (κ3) is 2.53. The van der Waals surface area contributed by atoms with Crippen molar-refractivity contribution in [2.75, 3.05) is 19.6 Å². The fraction of sp³-hybridized carbons (Fsp3) is 0.500. The van der Waals surface area contributed by atoms with Crippen molar-refractivity contribution in [3.05, 3.63) is 35.5 Å². The number of hydrogen-bond donors (Lipinski definition) is 2. The summed E-state index contributed by atoms with van der Waals surface area (Å²) in [5.74, 6) is 0.680. The minimum Gasteiger partial charge on any atom is -0.358 e. The molecule has 1 fully saturated rings. The molecule has 0 spiro atoms. The van der Waals surface area contributed by atoms with Crippen molar-refractivity contribution < 1.29 is 0 Å². The van der Waals surface area contributed by atoms with Crippen LogP contribution in [0, 0.1) is 12.8 Å². The number of rotatable bonds is 3. The molecule has 0 aliphatic carbocycles. The highest BCUT2D eigenvalue weighted by Gasteiger charge is 2.20. The second-order valence-electron chi connectivity index (χ2n) is 5.75. The Hall–Kier alpha value is -1.32. The van der Waals surface area contributed by atoms with Crippen LogP contribution >= 0.6 is 0 Å². The van der Waals surface area contributed by atoms with Gasteiger partial charge in [0.05, 0.1) is 0 Å². The molecular formula is C16H23N3. The molecule has 1 aliphatic heterocycles. The Morgan fingerprint density at radius 3 is 3.05 bits per heavy atom. The molecule has 102 valence electrons. The van der Waals surface area contributed by atoms with Crippen LogP contribution in [-0.2, 0) is 6.54 Å². The van der Waals surface area contributed by atoms with Gasteiger partial charge in [-0.15, -0.1) is 0 Å². The number of fused-ring (bicyclic) bond motifs is 1. The van der Waals surface area contributed by atoms with Gasteiger partial charge >= 0.3 is 0 Å². The van der Waals surface area contributed by atoms with Gasteiger partial charge in [-0.3, -0.25) is 4.90 Å². The number of aromatic nitrogens is 1. The van der Waals surface area contributed by atoms with E-state index in [4.69, 9.17) is 5.73 Å². The Kier molecular flexibility index (Phi) is 3.58. The van der Waals surface area contributed by atoms with Crippen molar-refractivity contribution in [2.45, 2.75) is 26.3 Å². The first kappa shape index (κ1) is 12.7. The first-order valence-corrected chi connectivity index (χ1v) is 7.26. The van der Waals surface area contributed by atoms with Crippen molar-refractivity contribution in [3.8, 4) is 0 Å². The van der Waals surface area contributed by atoms with Gasteiger partial charge in [-0.25, -0.2) is 0 Å². The summed E-state index contributed by atoms with van der Waals surface area (Å²) in [6, 6.07) is 8.59. The van der Waals surface area contributed by atoms with E-state index in [9.17, 15) is 0 Å². The van der Waals surface area contributed by atoms with Crippen molar-refractivity contribution in [1.29, 1.82) is 0 Å². The maximum Gasteiger partial charge on any atom is 0.0459 e. The summed E-state index contributed by atoms with van der Waals surface area (Å²) in [5, 5.41) is 1.37. The second-order valence-corrected chi connectivity index (χ2v) is 5.75. The number of nitrogens with zero attached hydrogens (tertiary/aromatic N) is 1. The molecule has 0 amide bonds. The summed E-state index contributed by atoms with van der Waals surface area (Å²) in [4.78, 5) is 6.05. The first-order chi connectivity index (χ1) is 9.28. The standard InChI is InChI=1S/C16H23N3/c1-12-15(14-6-2-3-7-16(14)18-12)11-19-8-4-5-13(9-17)10-19/h2-3,6-7,13,18H,4-5,8-11,17H2,1H3. The van der Waals surface area contributed by atoms with Gasteiger partial charge in [-0.2, -0.15) is 0 Å². The highest BCUT2D eigenvalue weighted by atomic mass is 15.1. The van der Waals surface area contributed by atoms with Gasteiger partial charge in [0.2, 0.25) is 0 Å². The predicted octanol–water partition coefficient (Wildman–Crippen LogP) is 2.65. The predicted molar refractivity (Wildman–Crippen MR) is 80.1 cm³/mol. The summed E-state index contributed by atoms with van der Waals surface area (Å²) >= 11 is 0. The molecule has 3 rings (SSSR count). The Bertz CT molecular complexity index is 558. The number of piperidine rings is 1. The number of hydrogen-bond acceptors (Lipinski definition) is 2. The number of H-pyrrole nitrogens is 1. The van der Waals surface area contributed by atoms with E-state index in [1.165, 1.54) is 41.5 Å². The maximum absolute atomic E-state index is 5.83. The van der Waals surface area contributed by atoms with Crippen LogP contribution in [0.15, 0.2) is 24.3 Å². The number of aryl methyl sites for hydroxylation is 1. The number of benzene rings is 1. The normalized spacial score (nSPS) is 21.1. The Labute approximate surface area is 114 Å². The molecule has 1 aliphatic rings. The fourth-order valence-electron chi connectivity index (χ4n) is 3.25. The molecule has 3 nitrogen and oxygen atoms in total. The van der Waals surface area contributed by atoms with E-state index in [1.807, 2.05) is 0 Å². The van der Waals surface area contributed by atoms with E-state index in [-0.39, 0.29) is 0 Å². The number of para-hydroxylation sites is 1. The zero-order chi connectivity index (χ0) is 13.2. The molecular weight excluding hydrogens is 234 g/mol. The van der Waals surface area contributed by atoms with Gasteiger partial charge in [-0.05, 0) is 50.4 Å². The lowest BCUT2D eigenvalue weighted by molar-refractivity contribution is 0.171. The van der Waals surface area contributed by atoms with Crippen LogP contribution in [0.4, 0.5) is 0 Å². The topological polar surface area (TPSA) is 45.0 Å². The Morgan fingerprint density at radius 1 is 1.37 bits per heavy atom. The van der Waals surface area contributed by atoms with Gasteiger partial charge in [0.15, 0.2) is 0 Å². The molecule has 19 heavy (non-hydrogen) atoms. The zero-order valence-electron chi connectivity index (χ0n) is 11.7. The third-order valence-corrected chi connectivity index (χ3v) is 4.35. The molecule has 1 unspecified atom stereocenters. The number of nitrogens with one attached hydrogen (secondary N) is 1. The summed E-state index contributed by atoms with van der Waals surface area (Å²) in [6.07, 6.45) is 2.57. The monoisotopic (exact) mass is 257 g/mol. The zero-order valence-corrected chi connectivity index (χ0v) is 11.7. The summed E-state index contributed by atoms with van der Waals surface area (Å²) in [7, 11) is 0. The summed E-state index contributed by atoms with van der Waals surface area (Å²) < 4.78 is 0. The second kappa shape index (κ2) is 5.35. The third-order valence-electron chi connectivity index (χ3n) is 4.35. The SMILES string of the molecule is Cc1[nH]c2ccccc2c1CN1CCCC(CN)C1. The number of aromatic amines is 1. The quantitative estimate of drug-likeness (QED) is 0.888. The van der Waals surface area contributed by atoms with E-state index >= 15 is 0 Å².